The minimum Gasteiger partial charge on any atom is -0.318 e. The lowest BCUT2D eigenvalue weighted by Crippen LogP contribution is -2.48. The van der Waals surface area contributed by atoms with Crippen LogP contribution in [0.2, 0.25) is 0 Å². The van der Waals surface area contributed by atoms with E-state index in [9.17, 15) is 0 Å². The van der Waals surface area contributed by atoms with Crippen molar-refractivity contribution >= 4 is 56.2 Å². The second-order valence-electron chi connectivity index (χ2n) is 14.6. The maximum Gasteiger partial charge on any atom is 0.141 e. The van der Waals surface area contributed by atoms with Gasteiger partial charge in [0.15, 0.2) is 0 Å². The second-order valence-corrected chi connectivity index (χ2v) is 14.6. The van der Waals surface area contributed by atoms with Gasteiger partial charge in [0.1, 0.15) is 5.84 Å². The van der Waals surface area contributed by atoms with E-state index >= 15 is 0 Å². The van der Waals surface area contributed by atoms with Crippen molar-refractivity contribution in [3.8, 4) is 16.8 Å². The van der Waals surface area contributed by atoms with Gasteiger partial charge in [0.05, 0.1) is 28.5 Å². The molecular formula is C51H37N3. The molecule has 54 heavy (non-hydrogen) atoms. The van der Waals surface area contributed by atoms with Crippen molar-refractivity contribution < 1.29 is 0 Å². The third-order valence-electron chi connectivity index (χ3n) is 11.5. The van der Waals surface area contributed by atoms with E-state index in [0.29, 0.717) is 0 Å². The second kappa shape index (κ2) is 12.5. The number of allylic oxidation sites excluding steroid dienone is 1. The molecule has 3 heteroatoms. The van der Waals surface area contributed by atoms with E-state index in [1.807, 2.05) is 0 Å². The Hall–Kier alpha value is -6.71. The lowest BCUT2D eigenvalue weighted by atomic mass is 9.83. The number of hydrogen-bond donors (Lipinski definition) is 0. The molecule has 3 nitrogen and oxygen atoms in total. The third kappa shape index (κ3) is 4.93. The molecule has 11 rings (SSSR count). The standard InChI is InChI=1S/C51H37N3/c1-2-14-34(15-3-1)36-19-12-20-37(30-36)42-24-13-18-35-16-5-9-25-47(35)52-51(42)54-40-31-38-17-4-6-21-41(38)45(33-40)46-32-39(28-29-50(46)54)53-48-26-10-7-22-43(48)44-23-8-11-27-49(44)53/h1-12,14-17,19-32,40H,13,18,33H2. The molecule has 7 aromatic carbocycles. The first-order chi connectivity index (χ1) is 26.8. The quantitative estimate of drug-likeness (QED) is 0.181. The highest BCUT2D eigenvalue weighted by Gasteiger charge is 2.35. The van der Waals surface area contributed by atoms with E-state index in [1.165, 1.54) is 82.6 Å². The number of anilines is 1. The van der Waals surface area contributed by atoms with Crippen LogP contribution in [0.5, 0.6) is 0 Å². The lowest BCUT2D eigenvalue weighted by molar-refractivity contribution is 0.819. The monoisotopic (exact) mass is 691 g/mol. The van der Waals surface area contributed by atoms with Crippen LogP contribution in [0, 0.1) is 0 Å². The van der Waals surface area contributed by atoms with Gasteiger partial charge in [-0.2, -0.15) is 0 Å². The highest BCUT2D eigenvalue weighted by atomic mass is 15.2. The van der Waals surface area contributed by atoms with E-state index in [1.54, 1.807) is 0 Å². The molecule has 0 N–H and O–H groups in total. The summed E-state index contributed by atoms with van der Waals surface area (Å²) in [4.78, 5) is 8.23. The summed E-state index contributed by atoms with van der Waals surface area (Å²) in [6, 6.07) is 62.1. The van der Waals surface area contributed by atoms with Crippen molar-refractivity contribution in [3.05, 3.63) is 203 Å². The number of aliphatic imine (C=N–C) groups is 1. The number of rotatable bonds is 3. The predicted octanol–water partition coefficient (Wildman–Crippen LogP) is 10.8. The highest BCUT2D eigenvalue weighted by Crippen LogP contribution is 2.44. The summed E-state index contributed by atoms with van der Waals surface area (Å²) in [6.07, 6.45) is 7.69. The van der Waals surface area contributed by atoms with E-state index < -0.39 is 0 Å². The van der Waals surface area contributed by atoms with Crippen LogP contribution < -0.4 is 15.3 Å². The van der Waals surface area contributed by atoms with Gasteiger partial charge in [0.2, 0.25) is 0 Å². The van der Waals surface area contributed by atoms with Gasteiger partial charge >= 0.3 is 0 Å². The Morgan fingerprint density at radius 2 is 1.28 bits per heavy atom. The summed E-state index contributed by atoms with van der Waals surface area (Å²) in [5.41, 5.74) is 14.6. The van der Waals surface area contributed by atoms with Crippen LogP contribution in [0.15, 0.2) is 181 Å². The van der Waals surface area contributed by atoms with E-state index in [4.69, 9.17) is 4.99 Å². The summed E-state index contributed by atoms with van der Waals surface area (Å²) >= 11 is 0. The Bertz CT molecular complexity index is 2930. The zero-order valence-corrected chi connectivity index (χ0v) is 29.9. The zero-order chi connectivity index (χ0) is 35.6. The molecule has 0 amide bonds. The molecule has 256 valence electrons. The minimum absolute atomic E-state index is 0.104. The Morgan fingerprint density at radius 3 is 2.13 bits per heavy atom. The van der Waals surface area contributed by atoms with Crippen LogP contribution in [-0.4, -0.2) is 16.4 Å². The smallest absolute Gasteiger partial charge is 0.141 e. The number of para-hydroxylation sites is 3. The molecule has 1 aliphatic carbocycles. The molecule has 2 bridgehead atoms. The van der Waals surface area contributed by atoms with Crippen LogP contribution in [0.4, 0.5) is 11.4 Å². The molecule has 8 aromatic rings. The predicted molar refractivity (Wildman–Crippen MR) is 226 cm³/mol. The summed E-state index contributed by atoms with van der Waals surface area (Å²) in [5.74, 6) is 0.998. The fourth-order valence-corrected chi connectivity index (χ4v) is 9.09. The SMILES string of the molecule is C1=C(c2cccc(-c3ccccc3)c2)C(N2c3ccc(-n4c5ccccc5c5ccccc54)cc3C3=c4ccccc4=CC2C3)=Nc2ccccc2CC1. The van der Waals surface area contributed by atoms with Gasteiger partial charge < -0.3 is 9.47 Å². The number of aromatic nitrogens is 1. The molecule has 0 saturated heterocycles. The molecule has 0 fully saturated rings. The fraction of sp³-hybridized carbons (Fsp3) is 0.0784. The average Bonchev–Trinajstić information content (AvgIpc) is 3.56. The van der Waals surface area contributed by atoms with E-state index in [-0.39, 0.29) is 6.04 Å². The Labute approximate surface area is 314 Å². The van der Waals surface area contributed by atoms with Crippen LogP contribution in [-0.2, 0) is 6.42 Å². The van der Waals surface area contributed by atoms with Crippen molar-refractivity contribution in [3.63, 3.8) is 0 Å². The van der Waals surface area contributed by atoms with Crippen LogP contribution in [0.3, 0.4) is 0 Å². The summed E-state index contributed by atoms with van der Waals surface area (Å²) in [5, 5.41) is 5.15. The van der Waals surface area contributed by atoms with Crippen molar-refractivity contribution in [1.82, 2.24) is 4.57 Å². The fourth-order valence-electron chi connectivity index (χ4n) is 9.09. The van der Waals surface area contributed by atoms with Crippen molar-refractivity contribution in [2.45, 2.75) is 25.3 Å². The van der Waals surface area contributed by atoms with Crippen molar-refractivity contribution in [2.24, 2.45) is 4.99 Å². The van der Waals surface area contributed by atoms with Crippen molar-refractivity contribution in [2.75, 3.05) is 4.90 Å². The Kier molecular flexibility index (Phi) is 7.12. The zero-order valence-electron chi connectivity index (χ0n) is 29.9. The van der Waals surface area contributed by atoms with Crippen LogP contribution in [0.1, 0.15) is 29.5 Å². The number of nitrogens with zero attached hydrogens (tertiary/aromatic N) is 3. The molecule has 2 aliphatic heterocycles. The molecule has 0 spiro atoms. The van der Waals surface area contributed by atoms with Crippen molar-refractivity contribution in [1.29, 1.82) is 0 Å². The molecule has 1 aromatic heterocycles. The summed E-state index contributed by atoms with van der Waals surface area (Å²) in [7, 11) is 0. The first-order valence-electron chi connectivity index (χ1n) is 19.0. The molecule has 1 atom stereocenters. The first kappa shape index (κ1) is 30.9. The largest absolute Gasteiger partial charge is 0.318 e. The third-order valence-corrected chi connectivity index (χ3v) is 11.5. The topological polar surface area (TPSA) is 20.5 Å². The maximum atomic E-state index is 5.68. The van der Waals surface area contributed by atoms with E-state index in [0.717, 1.165) is 30.8 Å². The molecule has 3 heterocycles. The van der Waals surface area contributed by atoms with E-state index in [2.05, 4.69) is 191 Å². The van der Waals surface area contributed by atoms with Gasteiger partial charge in [0, 0.05) is 27.6 Å². The number of aryl methyl sites for hydroxylation is 1. The molecule has 0 saturated carbocycles. The molecule has 3 aliphatic rings. The number of amidine groups is 1. The maximum absolute atomic E-state index is 5.68. The van der Waals surface area contributed by atoms with Gasteiger partial charge in [0.25, 0.3) is 0 Å². The number of benzene rings is 7. The average molecular weight is 692 g/mol. The van der Waals surface area contributed by atoms with Gasteiger partial charge in [-0.05, 0) is 100.0 Å². The van der Waals surface area contributed by atoms with Gasteiger partial charge in [-0.25, -0.2) is 4.99 Å². The van der Waals surface area contributed by atoms with Crippen LogP contribution in [0.25, 0.3) is 55.8 Å². The minimum atomic E-state index is 0.104. The number of hydrogen-bond acceptors (Lipinski definition) is 2. The summed E-state index contributed by atoms with van der Waals surface area (Å²) < 4.78 is 2.44. The van der Waals surface area contributed by atoms with Crippen LogP contribution >= 0.6 is 0 Å². The first-order valence-corrected chi connectivity index (χ1v) is 19.0. The normalized spacial score (nSPS) is 16.0. The highest BCUT2D eigenvalue weighted by molar-refractivity contribution is 6.31. The molecule has 1 unspecified atom stereocenters. The Balaban J connectivity index is 1.17. The number of fused-ring (bicyclic) bond motifs is 9. The molecule has 0 radical (unpaired) electrons. The van der Waals surface area contributed by atoms with Gasteiger partial charge in [-0.3, -0.25) is 0 Å². The van der Waals surface area contributed by atoms with Gasteiger partial charge in [-0.1, -0.05) is 140 Å². The Morgan fingerprint density at radius 1 is 0.574 bits per heavy atom. The van der Waals surface area contributed by atoms with Gasteiger partial charge in [-0.15, -0.1) is 0 Å². The lowest BCUT2D eigenvalue weighted by Gasteiger charge is -2.42. The summed E-state index contributed by atoms with van der Waals surface area (Å²) in [6.45, 7) is 0. The molecular weight excluding hydrogens is 655 g/mol.